The summed E-state index contributed by atoms with van der Waals surface area (Å²) in [6.07, 6.45) is 11.0. The number of benzene rings is 1. The third-order valence-electron chi connectivity index (χ3n) is 3.55. The molecule has 0 fully saturated rings. The summed E-state index contributed by atoms with van der Waals surface area (Å²) < 4.78 is 0. The fraction of sp³-hybridized carbons (Fsp3) is 0.412. The summed E-state index contributed by atoms with van der Waals surface area (Å²) in [5.74, 6) is 0. The van der Waals surface area contributed by atoms with Gasteiger partial charge < -0.3 is 0 Å². The first-order valence-corrected chi connectivity index (χ1v) is 6.80. The molecule has 17 heavy (non-hydrogen) atoms. The minimum atomic E-state index is 1.13. The molecule has 1 aromatic rings. The number of allylic oxidation sites excluding steroid dienone is 4. The minimum Gasteiger partial charge on any atom is -0.0835 e. The molecule has 0 N–H and O–H groups in total. The second kappa shape index (κ2) is 5.86. The van der Waals surface area contributed by atoms with E-state index in [1.165, 1.54) is 48.0 Å². The summed E-state index contributed by atoms with van der Waals surface area (Å²) in [5, 5.41) is 0. The first-order chi connectivity index (χ1) is 8.36. The van der Waals surface area contributed by atoms with Crippen molar-refractivity contribution in [3.05, 3.63) is 47.5 Å². The van der Waals surface area contributed by atoms with E-state index in [0.717, 1.165) is 6.42 Å². The van der Waals surface area contributed by atoms with Crippen LogP contribution < -0.4 is 0 Å². The Hall–Kier alpha value is -1.30. The number of hydrogen-bond acceptors (Lipinski definition) is 0. The Morgan fingerprint density at radius 2 is 1.76 bits per heavy atom. The molecule has 1 aliphatic rings. The third kappa shape index (κ3) is 2.69. The van der Waals surface area contributed by atoms with E-state index >= 15 is 0 Å². The van der Waals surface area contributed by atoms with Crippen molar-refractivity contribution >= 4 is 11.1 Å². The van der Waals surface area contributed by atoms with Crippen LogP contribution in [0.5, 0.6) is 0 Å². The molecule has 2 rings (SSSR count). The number of rotatable bonds is 4. The van der Waals surface area contributed by atoms with Gasteiger partial charge in [-0.1, -0.05) is 56.2 Å². The fourth-order valence-corrected chi connectivity index (χ4v) is 2.55. The zero-order chi connectivity index (χ0) is 12.1. The maximum atomic E-state index is 2.45. The molecule has 0 saturated carbocycles. The highest BCUT2D eigenvalue weighted by Gasteiger charge is 2.18. The van der Waals surface area contributed by atoms with Gasteiger partial charge in [-0.2, -0.15) is 0 Å². The average molecular weight is 226 g/mol. The number of hydrogen-bond donors (Lipinski definition) is 0. The van der Waals surface area contributed by atoms with Gasteiger partial charge in [-0.25, -0.2) is 0 Å². The van der Waals surface area contributed by atoms with Gasteiger partial charge in [0.1, 0.15) is 0 Å². The molecule has 90 valence electrons. The Labute approximate surface area is 105 Å². The van der Waals surface area contributed by atoms with Gasteiger partial charge in [0, 0.05) is 0 Å². The van der Waals surface area contributed by atoms with Crippen molar-refractivity contribution in [2.75, 3.05) is 0 Å². The van der Waals surface area contributed by atoms with Crippen LogP contribution in [-0.2, 0) is 0 Å². The highest BCUT2D eigenvalue weighted by molar-refractivity contribution is 5.92. The molecule has 1 aromatic carbocycles. The third-order valence-corrected chi connectivity index (χ3v) is 3.55. The molecule has 0 spiro atoms. The Kier molecular flexibility index (Phi) is 4.19. The lowest BCUT2D eigenvalue weighted by molar-refractivity contribution is 0.729. The molecular weight excluding hydrogens is 204 g/mol. The first kappa shape index (κ1) is 12.2. The highest BCUT2D eigenvalue weighted by Crippen LogP contribution is 2.40. The van der Waals surface area contributed by atoms with E-state index in [9.17, 15) is 0 Å². The Morgan fingerprint density at radius 1 is 1.06 bits per heavy atom. The van der Waals surface area contributed by atoms with Crippen molar-refractivity contribution in [2.24, 2.45) is 0 Å². The van der Waals surface area contributed by atoms with Crippen molar-refractivity contribution in [1.82, 2.24) is 0 Å². The maximum absolute atomic E-state index is 2.45. The van der Waals surface area contributed by atoms with Gasteiger partial charge in [0.05, 0.1) is 0 Å². The molecule has 0 bridgehead atoms. The lowest BCUT2D eigenvalue weighted by Crippen LogP contribution is -1.79. The van der Waals surface area contributed by atoms with Crippen molar-refractivity contribution < 1.29 is 0 Å². The molecule has 0 saturated heterocycles. The SMILES string of the molecule is C/C=C1\C/C(=C\CCCCC)c2ccccc21. The standard InChI is InChI=1S/C17H22/c1-3-5-6-7-10-15-13-14(4-2)16-11-8-9-12-17(15)16/h4,8-12H,3,5-7,13H2,1-2H3/b14-4+,15-10+. The monoisotopic (exact) mass is 226 g/mol. The minimum absolute atomic E-state index is 1.13. The van der Waals surface area contributed by atoms with Crippen molar-refractivity contribution in [3.63, 3.8) is 0 Å². The van der Waals surface area contributed by atoms with Crippen molar-refractivity contribution in [1.29, 1.82) is 0 Å². The largest absolute Gasteiger partial charge is 0.0835 e. The van der Waals surface area contributed by atoms with Crippen LogP contribution in [0.2, 0.25) is 0 Å². The summed E-state index contributed by atoms with van der Waals surface area (Å²) in [4.78, 5) is 0. The second-order valence-electron chi connectivity index (χ2n) is 4.76. The van der Waals surface area contributed by atoms with E-state index < -0.39 is 0 Å². The Balaban J connectivity index is 2.17. The topological polar surface area (TPSA) is 0 Å². The van der Waals surface area contributed by atoms with E-state index in [2.05, 4.69) is 50.3 Å². The van der Waals surface area contributed by atoms with Gasteiger partial charge >= 0.3 is 0 Å². The van der Waals surface area contributed by atoms with E-state index in [1.807, 2.05) is 0 Å². The molecule has 0 aliphatic heterocycles. The molecule has 0 aromatic heterocycles. The smallest absolute Gasteiger partial charge is 0.00199 e. The van der Waals surface area contributed by atoms with Crippen molar-refractivity contribution in [3.8, 4) is 0 Å². The number of unbranched alkanes of at least 4 members (excludes halogenated alkanes) is 3. The van der Waals surface area contributed by atoms with Gasteiger partial charge in [0.25, 0.3) is 0 Å². The van der Waals surface area contributed by atoms with Crippen molar-refractivity contribution in [2.45, 2.75) is 46.0 Å². The van der Waals surface area contributed by atoms with E-state index in [1.54, 1.807) is 0 Å². The van der Waals surface area contributed by atoms with E-state index in [-0.39, 0.29) is 0 Å². The summed E-state index contributed by atoms with van der Waals surface area (Å²) in [5.41, 5.74) is 5.92. The van der Waals surface area contributed by atoms with Crippen LogP contribution in [0.1, 0.15) is 57.1 Å². The van der Waals surface area contributed by atoms with Crippen LogP contribution in [0.3, 0.4) is 0 Å². The van der Waals surface area contributed by atoms with Gasteiger partial charge in [-0.3, -0.25) is 0 Å². The zero-order valence-corrected chi connectivity index (χ0v) is 11.0. The average Bonchev–Trinajstić information content (AvgIpc) is 2.73. The molecule has 0 heteroatoms. The maximum Gasteiger partial charge on any atom is -0.00199 e. The number of fused-ring (bicyclic) bond motifs is 1. The molecule has 0 heterocycles. The van der Waals surface area contributed by atoms with Crippen LogP contribution in [0, 0.1) is 0 Å². The highest BCUT2D eigenvalue weighted by atomic mass is 14.2. The molecule has 0 radical (unpaired) electrons. The lowest BCUT2D eigenvalue weighted by atomic mass is 10.1. The predicted molar refractivity (Wildman–Crippen MR) is 76.8 cm³/mol. The van der Waals surface area contributed by atoms with Crippen LogP contribution in [0.4, 0.5) is 0 Å². The summed E-state index contributed by atoms with van der Waals surface area (Å²) in [7, 11) is 0. The fourth-order valence-electron chi connectivity index (χ4n) is 2.55. The van der Waals surface area contributed by atoms with Crippen LogP contribution >= 0.6 is 0 Å². The first-order valence-electron chi connectivity index (χ1n) is 6.80. The normalized spacial score (nSPS) is 18.9. The van der Waals surface area contributed by atoms with Gasteiger partial charge in [-0.15, -0.1) is 0 Å². The predicted octanol–water partition coefficient (Wildman–Crippen LogP) is 5.46. The lowest BCUT2D eigenvalue weighted by Gasteiger charge is -2.00. The van der Waals surface area contributed by atoms with E-state index in [4.69, 9.17) is 0 Å². The molecule has 0 unspecified atom stereocenters. The zero-order valence-electron chi connectivity index (χ0n) is 11.0. The van der Waals surface area contributed by atoms with Crippen LogP contribution in [-0.4, -0.2) is 0 Å². The Bertz CT molecular complexity index is 435. The van der Waals surface area contributed by atoms with E-state index in [0.29, 0.717) is 0 Å². The molecule has 0 nitrogen and oxygen atoms in total. The van der Waals surface area contributed by atoms with Crippen LogP contribution in [0.25, 0.3) is 11.1 Å². The quantitative estimate of drug-likeness (QED) is 0.598. The second-order valence-corrected chi connectivity index (χ2v) is 4.76. The van der Waals surface area contributed by atoms with Gasteiger partial charge in [-0.05, 0) is 48.5 Å². The molecule has 0 atom stereocenters. The summed E-state index contributed by atoms with van der Waals surface area (Å²) >= 11 is 0. The van der Waals surface area contributed by atoms with Gasteiger partial charge in [0.15, 0.2) is 0 Å². The summed E-state index contributed by atoms with van der Waals surface area (Å²) in [6.45, 7) is 4.40. The summed E-state index contributed by atoms with van der Waals surface area (Å²) in [6, 6.07) is 8.80. The molecule has 1 aliphatic carbocycles. The Morgan fingerprint density at radius 3 is 2.41 bits per heavy atom. The molecular formula is C17H22. The molecule has 0 amide bonds. The van der Waals surface area contributed by atoms with Gasteiger partial charge in [0.2, 0.25) is 0 Å². The van der Waals surface area contributed by atoms with Crippen LogP contribution in [0.15, 0.2) is 36.4 Å².